The highest BCUT2D eigenvalue weighted by Crippen LogP contribution is 2.59. The molecule has 0 atom stereocenters. The molecule has 1 aliphatic carbocycles. The molecule has 8 heteroatoms. The number of carboxylic acids is 1. The van der Waals surface area contributed by atoms with Crippen LogP contribution in [0.5, 0.6) is 0 Å². The second-order valence-corrected chi connectivity index (χ2v) is 5.26. The van der Waals surface area contributed by atoms with Crippen LogP contribution in [-0.4, -0.2) is 52.9 Å². The molecule has 2 heterocycles. The van der Waals surface area contributed by atoms with E-state index in [9.17, 15) is 27.9 Å². The van der Waals surface area contributed by atoms with E-state index >= 15 is 0 Å². The number of carbonyl (C=O) groups excluding carboxylic acids is 1. The molecule has 3 fully saturated rings. The normalized spacial score (nSPS) is 35.0. The lowest BCUT2D eigenvalue weighted by Crippen LogP contribution is -2.69. The van der Waals surface area contributed by atoms with Crippen molar-refractivity contribution in [1.29, 1.82) is 0 Å². The van der Waals surface area contributed by atoms with Crippen LogP contribution in [0.3, 0.4) is 0 Å². The van der Waals surface area contributed by atoms with Gasteiger partial charge in [-0.3, -0.25) is 9.59 Å². The number of nitrogens with zero attached hydrogens (tertiary/aromatic N) is 1. The molecule has 0 unspecified atom stereocenters. The Bertz CT molecular complexity index is 400. The molecule has 0 radical (unpaired) electrons. The van der Waals surface area contributed by atoms with E-state index in [-0.39, 0.29) is 19.4 Å². The lowest BCUT2D eigenvalue weighted by Gasteiger charge is -2.60. The average molecular weight is 267 g/mol. The highest BCUT2D eigenvalue weighted by atomic mass is 19.4. The van der Waals surface area contributed by atoms with Crippen molar-refractivity contribution in [3.05, 3.63) is 0 Å². The summed E-state index contributed by atoms with van der Waals surface area (Å²) in [5.41, 5.74) is -2.22. The summed E-state index contributed by atoms with van der Waals surface area (Å²) in [6, 6.07) is 0. The van der Waals surface area contributed by atoms with E-state index in [1.165, 1.54) is 0 Å². The Balaban J connectivity index is 2.22. The van der Waals surface area contributed by atoms with Gasteiger partial charge in [0.05, 0.1) is 12.0 Å². The molecule has 2 aliphatic heterocycles. The van der Waals surface area contributed by atoms with E-state index in [2.05, 4.69) is 0 Å². The van der Waals surface area contributed by atoms with Gasteiger partial charge in [-0.15, -0.1) is 0 Å². The Kier molecular flexibility index (Phi) is 2.62. The number of aliphatic hydroxyl groups is 1. The van der Waals surface area contributed by atoms with Gasteiger partial charge in [0.15, 0.2) is 0 Å². The van der Waals surface area contributed by atoms with Gasteiger partial charge in [-0.1, -0.05) is 0 Å². The first-order valence-corrected chi connectivity index (χ1v) is 5.35. The molecule has 2 bridgehead atoms. The fraction of sp³-hybridized carbons (Fsp3) is 0.800. The summed E-state index contributed by atoms with van der Waals surface area (Å²) in [6.07, 6.45) is -4.78. The molecule has 1 saturated carbocycles. The quantitative estimate of drug-likeness (QED) is 0.751. The summed E-state index contributed by atoms with van der Waals surface area (Å²) in [6.45, 7) is -1.09. The van der Waals surface area contributed by atoms with Crippen LogP contribution in [0.15, 0.2) is 0 Å². The summed E-state index contributed by atoms with van der Waals surface area (Å²) in [4.78, 5) is 22.7. The maximum atomic E-state index is 12.3. The fourth-order valence-electron chi connectivity index (χ4n) is 3.14. The highest BCUT2D eigenvalue weighted by molar-refractivity contribution is 5.84. The number of carboxylic acid groups (broad SMARTS) is 1. The molecule has 2 saturated heterocycles. The molecule has 0 aromatic rings. The van der Waals surface area contributed by atoms with Crippen LogP contribution in [0.1, 0.15) is 12.8 Å². The minimum Gasteiger partial charge on any atom is -0.481 e. The summed E-state index contributed by atoms with van der Waals surface area (Å²) in [5, 5.41) is 18.2. The van der Waals surface area contributed by atoms with Crippen molar-refractivity contribution in [3.63, 3.8) is 0 Å². The summed E-state index contributed by atoms with van der Waals surface area (Å²) < 4.78 is 37.0. The Labute approximate surface area is 100 Å². The van der Waals surface area contributed by atoms with Gasteiger partial charge < -0.3 is 15.1 Å². The number of carbonyl (C=O) groups is 2. The zero-order valence-electron chi connectivity index (χ0n) is 9.33. The van der Waals surface area contributed by atoms with Crippen molar-refractivity contribution in [1.82, 2.24) is 4.90 Å². The van der Waals surface area contributed by atoms with E-state index < -0.39 is 42.0 Å². The standard InChI is InChI=1S/C10H12F3NO4/c11-10(12,13)6(16)14-3-8(5-15)1-9(2-8,4-14)7(17)18/h15H,1-5H2,(H,17,18). The predicted molar refractivity (Wildman–Crippen MR) is 51.5 cm³/mol. The van der Waals surface area contributed by atoms with Crippen molar-refractivity contribution < 1.29 is 33.0 Å². The number of aliphatic hydroxyl groups excluding tert-OH is 1. The molecule has 18 heavy (non-hydrogen) atoms. The van der Waals surface area contributed by atoms with Crippen LogP contribution in [-0.2, 0) is 9.59 Å². The van der Waals surface area contributed by atoms with Crippen LogP contribution in [0.4, 0.5) is 13.2 Å². The third-order valence-electron chi connectivity index (χ3n) is 3.77. The van der Waals surface area contributed by atoms with Gasteiger partial charge in [0, 0.05) is 18.5 Å². The molecule has 3 aliphatic rings. The van der Waals surface area contributed by atoms with Gasteiger partial charge in [0.2, 0.25) is 0 Å². The van der Waals surface area contributed by atoms with Crippen molar-refractivity contribution in [3.8, 4) is 0 Å². The molecule has 1 amide bonds. The number of halogens is 3. The van der Waals surface area contributed by atoms with Gasteiger partial charge in [-0.05, 0) is 12.8 Å². The van der Waals surface area contributed by atoms with Crippen LogP contribution in [0.25, 0.3) is 0 Å². The first kappa shape index (κ1) is 13.1. The van der Waals surface area contributed by atoms with Gasteiger partial charge in [-0.25, -0.2) is 0 Å². The maximum Gasteiger partial charge on any atom is 0.471 e. The van der Waals surface area contributed by atoms with Crippen molar-refractivity contribution in [2.24, 2.45) is 10.8 Å². The number of amides is 1. The van der Waals surface area contributed by atoms with Crippen molar-refractivity contribution in [2.75, 3.05) is 19.7 Å². The molecule has 5 nitrogen and oxygen atoms in total. The molecular weight excluding hydrogens is 255 g/mol. The molecule has 0 aromatic carbocycles. The molecular formula is C10H12F3NO4. The zero-order valence-corrected chi connectivity index (χ0v) is 9.33. The van der Waals surface area contributed by atoms with Crippen molar-refractivity contribution in [2.45, 2.75) is 19.0 Å². The second kappa shape index (κ2) is 3.59. The average Bonchev–Trinajstić information content (AvgIpc) is 2.25. The van der Waals surface area contributed by atoms with Crippen LogP contribution in [0, 0.1) is 10.8 Å². The maximum absolute atomic E-state index is 12.3. The van der Waals surface area contributed by atoms with Crippen molar-refractivity contribution >= 4 is 11.9 Å². The Morgan fingerprint density at radius 3 is 2.17 bits per heavy atom. The van der Waals surface area contributed by atoms with Gasteiger partial charge in [0.25, 0.3) is 0 Å². The number of hydrogen-bond acceptors (Lipinski definition) is 3. The topological polar surface area (TPSA) is 77.8 Å². The summed E-state index contributed by atoms with van der Waals surface area (Å²) in [7, 11) is 0. The third kappa shape index (κ3) is 1.75. The lowest BCUT2D eigenvalue weighted by atomic mass is 9.50. The Hall–Kier alpha value is -1.31. The number of hydrogen-bond donors (Lipinski definition) is 2. The molecule has 102 valence electrons. The molecule has 2 N–H and O–H groups in total. The Morgan fingerprint density at radius 1 is 1.22 bits per heavy atom. The minimum absolute atomic E-state index is 0.119. The number of alkyl halides is 3. The van der Waals surface area contributed by atoms with Gasteiger partial charge >= 0.3 is 18.1 Å². The SMILES string of the molecule is O=C(N1CC2(CO)CC(C(=O)O)(C1)C2)C(F)(F)F. The summed E-state index contributed by atoms with van der Waals surface area (Å²) >= 11 is 0. The minimum atomic E-state index is -5.01. The Morgan fingerprint density at radius 2 is 1.78 bits per heavy atom. The molecule has 0 aromatic heterocycles. The fourth-order valence-corrected chi connectivity index (χ4v) is 3.14. The number of rotatable bonds is 2. The number of piperidine rings is 2. The molecule has 0 spiro atoms. The lowest BCUT2D eigenvalue weighted by molar-refractivity contribution is -0.215. The molecule has 3 rings (SSSR count). The number of fused-ring (bicyclic) bond motifs is 2. The summed E-state index contributed by atoms with van der Waals surface area (Å²) in [5.74, 6) is -3.25. The van der Waals surface area contributed by atoms with E-state index in [1.54, 1.807) is 0 Å². The predicted octanol–water partition coefficient (Wildman–Crippen LogP) is 0.234. The monoisotopic (exact) mass is 267 g/mol. The number of aliphatic carboxylic acids is 1. The van der Waals surface area contributed by atoms with E-state index in [0.717, 1.165) is 0 Å². The van der Waals surface area contributed by atoms with E-state index in [0.29, 0.717) is 4.90 Å². The highest BCUT2D eigenvalue weighted by Gasteiger charge is 2.65. The van der Waals surface area contributed by atoms with E-state index in [1.807, 2.05) is 0 Å². The second-order valence-electron chi connectivity index (χ2n) is 5.26. The first-order valence-electron chi connectivity index (χ1n) is 5.35. The zero-order chi connectivity index (χ0) is 13.8. The van der Waals surface area contributed by atoms with Gasteiger partial charge in [0.1, 0.15) is 0 Å². The van der Waals surface area contributed by atoms with E-state index in [4.69, 9.17) is 5.11 Å². The van der Waals surface area contributed by atoms with Crippen LogP contribution >= 0.6 is 0 Å². The smallest absolute Gasteiger partial charge is 0.471 e. The van der Waals surface area contributed by atoms with Crippen LogP contribution < -0.4 is 0 Å². The van der Waals surface area contributed by atoms with Gasteiger partial charge in [-0.2, -0.15) is 13.2 Å². The van der Waals surface area contributed by atoms with Crippen LogP contribution in [0.2, 0.25) is 0 Å². The third-order valence-corrected chi connectivity index (χ3v) is 3.77. The largest absolute Gasteiger partial charge is 0.481 e. The first-order chi connectivity index (χ1) is 8.14.